The quantitative estimate of drug-likeness (QED) is 0.0991. The maximum absolute atomic E-state index is 12.6. The maximum Gasteiger partial charge on any atom is 0.407 e. The van der Waals surface area contributed by atoms with Crippen molar-refractivity contribution in [1.29, 1.82) is 5.41 Å². The summed E-state index contributed by atoms with van der Waals surface area (Å²) >= 11 is 1.34. The van der Waals surface area contributed by atoms with Gasteiger partial charge in [-0.3, -0.25) is 9.59 Å². The highest BCUT2D eigenvalue weighted by Gasteiger charge is 2.13. The summed E-state index contributed by atoms with van der Waals surface area (Å²) in [6.07, 6.45) is 3.70. The maximum atomic E-state index is 12.6. The summed E-state index contributed by atoms with van der Waals surface area (Å²) < 4.78 is 4.93. The summed E-state index contributed by atoms with van der Waals surface area (Å²) in [6, 6.07) is 16.6. The van der Waals surface area contributed by atoms with E-state index in [4.69, 9.17) is 15.9 Å². The molecule has 0 spiro atoms. The molecule has 1 atom stereocenters. The summed E-state index contributed by atoms with van der Waals surface area (Å²) in [6.45, 7) is 3.89. The molecular weight excluding hydrogens is 566 g/mol. The van der Waals surface area contributed by atoms with Crippen LogP contribution in [0.2, 0.25) is 0 Å². The first-order valence-corrected chi connectivity index (χ1v) is 15.1. The van der Waals surface area contributed by atoms with Gasteiger partial charge < -0.3 is 26.5 Å². The normalized spacial score (nSPS) is 11.9. The van der Waals surface area contributed by atoms with Gasteiger partial charge >= 0.3 is 6.09 Å². The van der Waals surface area contributed by atoms with Gasteiger partial charge in [-0.05, 0) is 56.2 Å². The largest absolute Gasteiger partial charge is 0.450 e. The van der Waals surface area contributed by atoms with Crippen LogP contribution in [0.4, 0.5) is 9.93 Å². The fourth-order valence-corrected chi connectivity index (χ4v) is 5.00. The van der Waals surface area contributed by atoms with Crippen molar-refractivity contribution in [2.24, 2.45) is 10.7 Å². The number of carbonyl (C=O) groups is 3. The van der Waals surface area contributed by atoms with Gasteiger partial charge in [-0.2, -0.15) is 0 Å². The van der Waals surface area contributed by atoms with Crippen LogP contribution in [-0.4, -0.2) is 46.3 Å². The minimum atomic E-state index is -0.483. The third-order valence-corrected chi connectivity index (χ3v) is 7.31. The van der Waals surface area contributed by atoms with Gasteiger partial charge in [0, 0.05) is 18.6 Å². The van der Waals surface area contributed by atoms with Crippen LogP contribution < -0.4 is 16.4 Å². The highest BCUT2D eigenvalue weighted by atomic mass is 32.1. The molecule has 0 aliphatic rings. The van der Waals surface area contributed by atoms with E-state index in [2.05, 4.69) is 25.8 Å². The van der Waals surface area contributed by atoms with Crippen LogP contribution in [-0.2, 0) is 33.6 Å². The molecule has 0 fully saturated rings. The molecule has 0 bridgehead atoms. The lowest BCUT2D eigenvalue weighted by Crippen LogP contribution is -2.27. The molecule has 1 unspecified atom stereocenters. The number of aromatic nitrogens is 2. The van der Waals surface area contributed by atoms with Crippen LogP contribution in [0.1, 0.15) is 73.7 Å². The van der Waals surface area contributed by atoms with Gasteiger partial charge in [0.1, 0.15) is 10.8 Å². The third kappa shape index (κ3) is 12.5. The molecule has 228 valence electrons. The average Bonchev–Trinajstić information content (AvgIpc) is 3.41. The summed E-state index contributed by atoms with van der Waals surface area (Å²) in [7, 11) is 0. The molecule has 12 heteroatoms. The van der Waals surface area contributed by atoms with Gasteiger partial charge in [0.2, 0.25) is 11.0 Å². The fourth-order valence-electron chi connectivity index (χ4n) is 4.20. The van der Waals surface area contributed by atoms with Crippen LogP contribution in [0, 0.1) is 5.41 Å². The van der Waals surface area contributed by atoms with E-state index in [0.29, 0.717) is 43.1 Å². The minimum Gasteiger partial charge on any atom is -0.450 e. The number of alkyl carbamates (subject to hydrolysis) is 1. The smallest absolute Gasteiger partial charge is 0.407 e. The molecule has 43 heavy (non-hydrogen) atoms. The van der Waals surface area contributed by atoms with E-state index >= 15 is 0 Å². The van der Waals surface area contributed by atoms with Crippen LogP contribution in [0.15, 0.2) is 59.6 Å². The zero-order valence-corrected chi connectivity index (χ0v) is 25.4. The van der Waals surface area contributed by atoms with E-state index in [9.17, 15) is 14.4 Å². The molecular formula is C31H39N7O4S. The topological polar surface area (TPSA) is 173 Å². The van der Waals surface area contributed by atoms with Crippen molar-refractivity contribution < 1.29 is 19.1 Å². The predicted octanol–water partition coefficient (Wildman–Crippen LogP) is 5.17. The number of aliphatic imine (C=N–C) groups is 1. The molecule has 3 amide bonds. The molecule has 0 aliphatic heterocycles. The summed E-state index contributed by atoms with van der Waals surface area (Å²) in [5.41, 5.74) is 9.04. The standard InChI is InChI=1S/C31H39N7O4S/c1-3-42-31(41)34-21(2)24-13-9-12-23(18-24)20-28(40)36-30-38-37-29(43-30)15-8-7-14-25(32)16-17-26(33)35-27(39)19-22-10-5-4-6-11-22/h4-6,9-13,18,21,32H,3,7-8,14-17,19-20H2,1-2H3,(H,34,41)(H2,33,35,39)(H,36,38,40). The van der Waals surface area contributed by atoms with E-state index in [1.165, 1.54) is 11.3 Å². The van der Waals surface area contributed by atoms with Gasteiger partial charge in [-0.25, -0.2) is 9.79 Å². The van der Waals surface area contributed by atoms with Crippen molar-refractivity contribution in [3.63, 3.8) is 0 Å². The minimum absolute atomic E-state index is 0.160. The van der Waals surface area contributed by atoms with Crippen molar-refractivity contribution in [3.05, 3.63) is 76.3 Å². The van der Waals surface area contributed by atoms with Crippen molar-refractivity contribution in [2.75, 3.05) is 11.9 Å². The van der Waals surface area contributed by atoms with Crippen LogP contribution >= 0.6 is 11.3 Å². The molecule has 11 nitrogen and oxygen atoms in total. The molecule has 5 N–H and O–H groups in total. The number of carbonyl (C=O) groups excluding carboxylic acids is 3. The molecule has 2 aromatic carbocycles. The molecule has 0 radical (unpaired) electrons. The SMILES string of the molecule is CCOC(=O)NC(C)c1cccc(CC(=O)Nc2nnc(CCCCC(=N)CCC(N)=NC(=O)Cc3ccccc3)s2)c1. The number of rotatable bonds is 16. The molecule has 1 aromatic heterocycles. The van der Waals surface area contributed by atoms with Crippen molar-refractivity contribution in [1.82, 2.24) is 15.5 Å². The first-order valence-electron chi connectivity index (χ1n) is 14.3. The predicted molar refractivity (Wildman–Crippen MR) is 169 cm³/mol. The molecule has 1 heterocycles. The molecule has 3 aromatic rings. The van der Waals surface area contributed by atoms with Crippen molar-refractivity contribution in [2.45, 2.75) is 71.3 Å². The number of amides is 3. The number of nitrogens with one attached hydrogen (secondary N) is 3. The zero-order chi connectivity index (χ0) is 31.0. The van der Waals surface area contributed by atoms with Crippen LogP contribution in [0.3, 0.4) is 0 Å². The Labute approximate surface area is 255 Å². The highest BCUT2D eigenvalue weighted by Crippen LogP contribution is 2.19. The summed E-state index contributed by atoms with van der Waals surface area (Å²) in [5.74, 6) is -0.238. The molecule has 0 saturated carbocycles. The number of nitrogens with two attached hydrogens (primary N) is 1. The molecule has 0 saturated heterocycles. The van der Waals surface area contributed by atoms with E-state index in [1.54, 1.807) is 6.92 Å². The number of anilines is 1. The average molecular weight is 606 g/mol. The lowest BCUT2D eigenvalue weighted by atomic mass is 10.0. The first kappa shape index (κ1) is 33.1. The van der Waals surface area contributed by atoms with E-state index in [1.807, 2.05) is 61.5 Å². The Bertz CT molecular complexity index is 1410. The second-order valence-electron chi connectivity index (χ2n) is 10.0. The Balaban J connectivity index is 1.33. The number of nitrogens with zero attached hydrogens (tertiary/aromatic N) is 3. The number of unbranched alkanes of at least 4 members (excludes halogenated alkanes) is 1. The van der Waals surface area contributed by atoms with Crippen molar-refractivity contribution in [3.8, 4) is 0 Å². The van der Waals surface area contributed by atoms with E-state index in [-0.39, 0.29) is 36.5 Å². The number of hydrogen-bond donors (Lipinski definition) is 4. The zero-order valence-electron chi connectivity index (χ0n) is 24.6. The molecule has 3 rings (SSSR count). The van der Waals surface area contributed by atoms with E-state index < -0.39 is 6.09 Å². The van der Waals surface area contributed by atoms with Crippen molar-refractivity contribution >= 4 is 45.9 Å². The number of aryl methyl sites for hydroxylation is 1. The first-order chi connectivity index (χ1) is 20.7. The Morgan fingerprint density at radius 3 is 2.53 bits per heavy atom. The lowest BCUT2D eigenvalue weighted by molar-refractivity contribution is -0.117. The monoisotopic (exact) mass is 605 g/mol. The lowest BCUT2D eigenvalue weighted by Gasteiger charge is -2.15. The van der Waals surface area contributed by atoms with Gasteiger partial charge in [0.15, 0.2) is 0 Å². The number of amidine groups is 1. The number of hydrogen-bond acceptors (Lipinski definition) is 8. The van der Waals surface area contributed by atoms with Gasteiger partial charge in [0.05, 0.1) is 25.5 Å². The second-order valence-corrected chi connectivity index (χ2v) is 11.1. The third-order valence-electron chi connectivity index (χ3n) is 6.41. The van der Waals surface area contributed by atoms with E-state index in [0.717, 1.165) is 34.5 Å². The van der Waals surface area contributed by atoms with Crippen LogP contribution in [0.5, 0.6) is 0 Å². The summed E-state index contributed by atoms with van der Waals surface area (Å²) in [4.78, 5) is 40.3. The second kappa shape index (κ2) is 17.5. The Morgan fingerprint density at radius 1 is 1.00 bits per heavy atom. The fraction of sp³-hybridized carbons (Fsp3) is 0.387. The molecule has 0 aliphatic carbocycles. The Morgan fingerprint density at radius 2 is 1.77 bits per heavy atom. The number of ether oxygens (including phenoxy) is 1. The summed E-state index contributed by atoms with van der Waals surface area (Å²) in [5, 5.41) is 23.3. The van der Waals surface area contributed by atoms with Gasteiger partial charge in [-0.1, -0.05) is 65.9 Å². The van der Waals surface area contributed by atoms with Crippen LogP contribution in [0.25, 0.3) is 0 Å². The van der Waals surface area contributed by atoms with Gasteiger partial charge in [0.25, 0.3) is 5.91 Å². The Hall–Kier alpha value is -4.45. The number of benzene rings is 2. The van der Waals surface area contributed by atoms with Gasteiger partial charge in [-0.15, -0.1) is 10.2 Å². The highest BCUT2D eigenvalue weighted by molar-refractivity contribution is 7.15. The Kier molecular flexibility index (Phi) is 13.4.